The molecule has 0 unspecified atom stereocenters. The number of nitrogens with zero attached hydrogens (tertiary/aromatic N) is 1. The monoisotopic (exact) mass is 232 g/mol. The van der Waals surface area contributed by atoms with Crippen LogP contribution in [-0.4, -0.2) is 40.4 Å². The lowest BCUT2D eigenvalue weighted by molar-refractivity contribution is 0.0791. The Hall–Kier alpha value is -1.34. The third kappa shape index (κ3) is 2.37. The standard InChI is InChI=1S/C8H12N2O4S/c1-9-15(12,13)7-5-4-6(14-7)8(11)10(2)3/h4-5,9H,1-3H3. The summed E-state index contributed by atoms with van der Waals surface area (Å²) >= 11 is 0. The molecular formula is C8H12N2O4S. The summed E-state index contributed by atoms with van der Waals surface area (Å²) in [6.07, 6.45) is 0. The maximum Gasteiger partial charge on any atom is 0.289 e. The molecule has 0 spiro atoms. The molecule has 0 aliphatic heterocycles. The van der Waals surface area contributed by atoms with Crippen LogP contribution in [0.15, 0.2) is 21.6 Å². The van der Waals surface area contributed by atoms with Crippen molar-refractivity contribution in [2.24, 2.45) is 0 Å². The second kappa shape index (κ2) is 4.03. The van der Waals surface area contributed by atoms with Gasteiger partial charge in [0.2, 0.25) is 5.09 Å². The Morgan fingerprint density at radius 1 is 1.40 bits per heavy atom. The Morgan fingerprint density at radius 2 is 2.00 bits per heavy atom. The SMILES string of the molecule is CNS(=O)(=O)c1ccc(C(=O)N(C)C)o1. The van der Waals surface area contributed by atoms with Crippen molar-refractivity contribution in [3.63, 3.8) is 0 Å². The van der Waals surface area contributed by atoms with Gasteiger partial charge in [-0.3, -0.25) is 4.79 Å². The van der Waals surface area contributed by atoms with Gasteiger partial charge >= 0.3 is 0 Å². The van der Waals surface area contributed by atoms with E-state index in [9.17, 15) is 13.2 Å². The number of rotatable bonds is 3. The van der Waals surface area contributed by atoms with Crippen molar-refractivity contribution in [3.05, 3.63) is 17.9 Å². The van der Waals surface area contributed by atoms with Crippen molar-refractivity contribution in [1.82, 2.24) is 9.62 Å². The predicted molar refractivity (Wildman–Crippen MR) is 53.0 cm³/mol. The predicted octanol–water partition coefficient (Wildman–Crippen LogP) is -0.111. The smallest absolute Gasteiger partial charge is 0.289 e. The summed E-state index contributed by atoms with van der Waals surface area (Å²) in [6.45, 7) is 0. The molecule has 1 N–H and O–H groups in total. The Balaban J connectivity index is 3.06. The quantitative estimate of drug-likeness (QED) is 0.788. The lowest BCUT2D eigenvalue weighted by Gasteiger charge is -2.06. The highest BCUT2D eigenvalue weighted by Gasteiger charge is 2.20. The molecule has 0 aliphatic rings. The Kier molecular flexibility index (Phi) is 3.15. The van der Waals surface area contributed by atoms with Crippen molar-refractivity contribution >= 4 is 15.9 Å². The zero-order chi connectivity index (χ0) is 11.6. The molecule has 0 saturated heterocycles. The summed E-state index contributed by atoms with van der Waals surface area (Å²) in [4.78, 5) is 12.7. The van der Waals surface area contributed by atoms with E-state index in [1.54, 1.807) is 14.1 Å². The van der Waals surface area contributed by atoms with Gasteiger partial charge in [0.1, 0.15) is 0 Å². The van der Waals surface area contributed by atoms with E-state index in [1.165, 1.54) is 24.1 Å². The molecule has 7 heteroatoms. The van der Waals surface area contributed by atoms with Gasteiger partial charge in [0.15, 0.2) is 5.76 Å². The van der Waals surface area contributed by atoms with E-state index >= 15 is 0 Å². The van der Waals surface area contributed by atoms with Gasteiger partial charge in [-0.25, -0.2) is 13.1 Å². The number of furan rings is 1. The first-order valence-electron chi connectivity index (χ1n) is 4.13. The first kappa shape index (κ1) is 11.7. The van der Waals surface area contributed by atoms with Gasteiger partial charge in [-0.1, -0.05) is 0 Å². The zero-order valence-corrected chi connectivity index (χ0v) is 9.46. The summed E-state index contributed by atoms with van der Waals surface area (Å²) in [6, 6.07) is 2.56. The van der Waals surface area contributed by atoms with Crippen LogP contribution in [0.5, 0.6) is 0 Å². The second-order valence-electron chi connectivity index (χ2n) is 3.03. The fourth-order valence-electron chi connectivity index (χ4n) is 0.900. The Morgan fingerprint density at radius 3 is 2.47 bits per heavy atom. The molecule has 0 radical (unpaired) electrons. The highest BCUT2D eigenvalue weighted by atomic mass is 32.2. The summed E-state index contributed by atoms with van der Waals surface area (Å²) < 4.78 is 29.6. The molecule has 1 aromatic rings. The Labute approximate surface area is 87.9 Å². The molecule has 0 fully saturated rings. The van der Waals surface area contributed by atoms with Crippen LogP contribution >= 0.6 is 0 Å². The summed E-state index contributed by atoms with van der Waals surface area (Å²) in [7, 11) is 0.751. The highest BCUT2D eigenvalue weighted by molar-refractivity contribution is 7.89. The van der Waals surface area contributed by atoms with Crippen molar-refractivity contribution in [3.8, 4) is 0 Å². The van der Waals surface area contributed by atoms with Crippen LogP contribution in [0.25, 0.3) is 0 Å². The lowest BCUT2D eigenvalue weighted by Crippen LogP contribution is -2.21. The topological polar surface area (TPSA) is 79.6 Å². The molecule has 1 heterocycles. The van der Waals surface area contributed by atoms with Crippen LogP contribution in [0.3, 0.4) is 0 Å². The number of nitrogens with one attached hydrogen (secondary N) is 1. The summed E-state index contributed by atoms with van der Waals surface area (Å²) in [5.74, 6) is -0.388. The minimum absolute atomic E-state index is 0.00572. The third-order valence-corrected chi connectivity index (χ3v) is 3.02. The molecule has 0 saturated carbocycles. The molecule has 84 valence electrons. The van der Waals surface area contributed by atoms with Gasteiger partial charge < -0.3 is 9.32 Å². The van der Waals surface area contributed by atoms with E-state index in [-0.39, 0.29) is 16.8 Å². The molecule has 15 heavy (non-hydrogen) atoms. The van der Waals surface area contributed by atoms with Crippen LogP contribution in [0.2, 0.25) is 0 Å². The largest absolute Gasteiger partial charge is 0.438 e. The van der Waals surface area contributed by atoms with Crippen molar-refractivity contribution < 1.29 is 17.6 Å². The van der Waals surface area contributed by atoms with Gasteiger partial charge in [-0.2, -0.15) is 0 Å². The van der Waals surface area contributed by atoms with E-state index in [0.717, 1.165) is 0 Å². The number of amides is 1. The van der Waals surface area contributed by atoms with Crippen molar-refractivity contribution in [2.45, 2.75) is 5.09 Å². The summed E-state index contributed by atoms with van der Waals surface area (Å²) in [5, 5.41) is -0.268. The normalized spacial score (nSPS) is 11.4. The van der Waals surface area contributed by atoms with Gasteiger partial charge in [-0.05, 0) is 19.2 Å². The third-order valence-electron chi connectivity index (χ3n) is 1.73. The molecule has 0 atom stereocenters. The number of hydrogen-bond donors (Lipinski definition) is 1. The number of carbonyl (C=O) groups excluding carboxylic acids is 1. The van der Waals surface area contributed by atoms with Crippen LogP contribution in [0.1, 0.15) is 10.6 Å². The average Bonchev–Trinajstić information content (AvgIpc) is 2.65. The van der Waals surface area contributed by atoms with E-state index in [4.69, 9.17) is 4.42 Å². The first-order chi connectivity index (χ1) is 6.88. The molecule has 0 aliphatic carbocycles. The average molecular weight is 232 g/mol. The minimum atomic E-state index is -3.62. The zero-order valence-electron chi connectivity index (χ0n) is 8.64. The van der Waals surface area contributed by atoms with Crippen LogP contribution in [0, 0.1) is 0 Å². The van der Waals surface area contributed by atoms with Crippen molar-refractivity contribution in [2.75, 3.05) is 21.1 Å². The van der Waals surface area contributed by atoms with Gasteiger partial charge in [0.05, 0.1) is 0 Å². The summed E-state index contributed by atoms with van der Waals surface area (Å²) in [5.41, 5.74) is 0. The maximum atomic E-state index is 11.4. The number of hydrogen-bond acceptors (Lipinski definition) is 4. The number of sulfonamides is 1. The van der Waals surface area contributed by atoms with E-state index in [2.05, 4.69) is 4.72 Å². The molecule has 1 aromatic heterocycles. The molecule has 1 amide bonds. The Bertz CT molecular complexity index is 461. The fraction of sp³-hybridized carbons (Fsp3) is 0.375. The molecule has 0 bridgehead atoms. The molecule has 6 nitrogen and oxygen atoms in total. The van der Waals surface area contributed by atoms with Crippen LogP contribution in [0.4, 0.5) is 0 Å². The van der Waals surface area contributed by atoms with Gasteiger partial charge in [0.25, 0.3) is 15.9 Å². The van der Waals surface area contributed by atoms with Crippen molar-refractivity contribution in [1.29, 1.82) is 0 Å². The first-order valence-corrected chi connectivity index (χ1v) is 5.62. The van der Waals surface area contributed by atoms with E-state index in [0.29, 0.717) is 0 Å². The van der Waals surface area contributed by atoms with Gasteiger partial charge in [0, 0.05) is 14.1 Å². The van der Waals surface area contributed by atoms with Gasteiger partial charge in [-0.15, -0.1) is 0 Å². The lowest BCUT2D eigenvalue weighted by atomic mass is 10.4. The fourth-order valence-corrected chi connectivity index (χ4v) is 1.55. The van der Waals surface area contributed by atoms with E-state index < -0.39 is 10.0 Å². The maximum absolute atomic E-state index is 11.4. The molecule has 1 rings (SSSR count). The molecule has 0 aromatic carbocycles. The number of carbonyl (C=O) groups is 1. The van der Waals surface area contributed by atoms with Crippen LogP contribution < -0.4 is 4.72 Å². The minimum Gasteiger partial charge on any atom is -0.438 e. The second-order valence-corrected chi connectivity index (χ2v) is 4.84. The van der Waals surface area contributed by atoms with Crippen LogP contribution in [-0.2, 0) is 10.0 Å². The van der Waals surface area contributed by atoms with E-state index in [1.807, 2.05) is 0 Å². The molecular weight excluding hydrogens is 220 g/mol. The highest BCUT2D eigenvalue weighted by Crippen LogP contribution is 2.14.